The number of hydrogen-bond donors (Lipinski definition) is 2. The zero-order chi connectivity index (χ0) is 19.1. The van der Waals surface area contributed by atoms with Crippen molar-refractivity contribution < 1.29 is 19.5 Å². The number of carboxylic acid groups (broad SMARTS) is 1. The van der Waals surface area contributed by atoms with Crippen molar-refractivity contribution in [1.29, 1.82) is 0 Å². The van der Waals surface area contributed by atoms with Gasteiger partial charge in [0.25, 0.3) is 0 Å². The van der Waals surface area contributed by atoms with Gasteiger partial charge in [0.1, 0.15) is 0 Å². The molecule has 2 rings (SSSR count). The van der Waals surface area contributed by atoms with Gasteiger partial charge in [0, 0.05) is 24.1 Å². The van der Waals surface area contributed by atoms with E-state index < -0.39 is 5.97 Å². The minimum absolute atomic E-state index is 0.0430. The van der Waals surface area contributed by atoms with Crippen LogP contribution >= 0.6 is 23.4 Å². The van der Waals surface area contributed by atoms with Gasteiger partial charge in [0.05, 0.1) is 11.3 Å². The summed E-state index contributed by atoms with van der Waals surface area (Å²) >= 11 is 7.03. The van der Waals surface area contributed by atoms with E-state index >= 15 is 0 Å². The molecule has 0 bridgehead atoms. The van der Waals surface area contributed by atoms with Crippen LogP contribution in [0, 0.1) is 0 Å². The highest BCUT2D eigenvalue weighted by molar-refractivity contribution is 8.12. The van der Waals surface area contributed by atoms with Gasteiger partial charge in [-0.2, -0.15) is 0 Å². The van der Waals surface area contributed by atoms with E-state index in [9.17, 15) is 19.5 Å². The van der Waals surface area contributed by atoms with Gasteiger partial charge in [-0.25, -0.2) is 4.79 Å². The van der Waals surface area contributed by atoms with Crippen molar-refractivity contribution in [2.45, 2.75) is 25.5 Å². The number of amides is 1. The Balaban J connectivity index is 2.02. The lowest BCUT2D eigenvalue weighted by Crippen LogP contribution is -2.15. The number of aryl methyl sites for hydroxylation is 1. The van der Waals surface area contributed by atoms with Crippen LogP contribution in [0.5, 0.6) is 0 Å². The van der Waals surface area contributed by atoms with Crippen LogP contribution in [0.4, 0.5) is 5.69 Å². The van der Waals surface area contributed by atoms with E-state index in [1.54, 1.807) is 0 Å². The number of benzene rings is 2. The molecule has 0 radical (unpaired) electrons. The summed E-state index contributed by atoms with van der Waals surface area (Å²) in [7, 11) is 0. The average Bonchev–Trinajstić information content (AvgIpc) is 2.60. The highest BCUT2D eigenvalue weighted by Crippen LogP contribution is 2.22. The Morgan fingerprint density at radius 3 is 2.46 bits per heavy atom. The van der Waals surface area contributed by atoms with Crippen LogP contribution in [0.1, 0.15) is 34.8 Å². The fraction of sp³-hybridized carbons (Fsp3) is 0.211. The molecule has 0 fully saturated rings. The van der Waals surface area contributed by atoms with Crippen molar-refractivity contribution in [3.63, 3.8) is 0 Å². The smallest absolute Gasteiger partial charge is 0.337 e. The van der Waals surface area contributed by atoms with E-state index in [4.69, 9.17) is 11.6 Å². The molecule has 2 N–H and O–H groups in total. The first kappa shape index (κ1) is 20.0. The number of aromatic carboxylic acids is 1. The summed E-state index contributed by atoms with van der Waals surface area (Å²) in [6, 6.07) is 11.9. The molecule has 0 aliphatic rings. The lowest BCUT2D eigenvalue weighted by Gasteiger charge is -2.11. The van der Waals surface area contributed by atoms with Crippen LogP contribution in [0.2, 0.25) is 5.02 Å². The van der Waals surface area contributed by atoms with Crippen LogP contribution in [-0.4, -0.2) is 22.1 Å². The molecule has 0 saturated heterocycles. The molecule has 7 heteroatoms. The molecular formula is C19H18ClNO4S. The van der Waals surface area contributed by atoms with Gasteiger partial charge in [-0.1, -0.05) is 47.6 Å². The van der Waals surface area contributed by atoms with E-state index in [-0.39, 0.29) is 33.7 Å². The molecule has 2 aromatic rings. The molecule has 0 heterocycles. The molecule has 5 nitrogen and oxygen atoms in total. The number of thioether (sulfide) groups is 1. The topological polar surface area (TPSA) is 83.5 Å². The number of rotatable bonds is 7. The molecule has 0 saturated carbocycles. The molecule has 136 valence electrons. The van der Waals surface area contributed by atoms with Crippen LogP contribution in [-0.2, 0) is 21.8 Å². The highest BCUT2D eigenvalue weighted by Gasteiger charge is 2.14. The summed E-state index contributed by atoms with van der Waals surface area (Å²) < 4.78 is 0. The second-order valence-electron chi connectivity index (χ2n) is 5.59. The van der Waals surface area contributed by atoms with E-state index in [0.717, 1.165) is 11.1 Å². The lowest BCUT2D eigenvalue weighted by molar-refractivity contribution is -0.116. The maximum Gasteiger partial charge on any atom is 0.337 e. The lowest BCUT2D eigenvalue weighted by atomic mass is 10.0. The fourth-order valence-electron chi connectivity index (χ4n) is 2.38. The summed E-state index contributed by atoms with van der Waals surface area (Å²) in [6.07, 6.45) is 0.694. The quantitative estimate of drug-likeness (QED) is 0.731. The Morgan fingerprint density at radius 2 is 1.81 bits per heavy atom. The van der Waals surface area contributed by atoms with Gasteiger partial charge in [0.15, 0.2) is 5.12 Å². The monoisotopic (exact) mass is 391 g/mol. The number of nitrogens with one attached hydrogen (secondary N) is 1. The maximum absolute atomic E-state index is 12.2. The molecule has 2 aromatic carbocycles. The van der Waals surface area contributed by atoms with E-state index in [1.807, 2.05) is 24.3 Å². The van der Waals surface area contributed by atoms with Crippen LogP contribution < -0.4 is 5.32 Å². The summed E-state index contributed by atoms with van der Waals surface area (Å²) in [5, 5.41) is 12.2. The molecule has 26 heavy (non-hydrogen) atoms. The molecule has 0 unspecified atom stereocenters. The number of anilines is 1. The number of halogens is 1. The zero-order valence-electron chi connectivity index (χ0n) is 14.1. The Morgan fingerprint density at radius 1 is 1.12 bits per heavy atom. The van der Waals surface area contributed by atoms with Crippen LogP contribution in [0.3, 0.4) is 0 Å². The number of carbonyl (C=O) groups is 3. The number of carboxylic acids is 1. The van der Waals surface area contributed by atoms with Crippen molar-refractivity contribution >= 4 is 46.0 Å². The third-order valence-corrected chi connectivity index (χ3v) is 4.75. The summed E-state index contributed by atoms with van der Waals surface area (Å²) in [4.78, 5) is 34.6. The predicted octanol–water partition coefficient (Wildman–Crippen LogP) is 4.39. The SMILES string of the molecule is CC(=O)SCc1ccccc1CCC(=O)Nc1ccc(Cl)cc1C(=O)O. The van der Waals surface area contributed by atoms with Crippen molar-refractivity contribution in [1.82, 2.24) is 0 Å². The number of hydrogen-bond acceptors (Lipinski definition) is 4. The number of carbonyl (C=O) groups excluding carboxylic acids is 2. The standard InChI is InChI=1S/C19H18ClNO4S/c1-12(22)26-11-14-5-3-2-4-13(14)6-9-18(23)21-17-8-7-15(20)10-16(17)19(24)25/h2-5,7-8,10H,6,9,11H2,1H3,(H,21,23)(H,24,25). The van der Waals surface area contributed by atoms with Crippen molar-refractivity contribution in [2.75, 3.05) is 5.32 Å². The molecule has 0 aliphatic heterocycles. The summed E-state index contributed by atoms with van der Waals surface area (Å²) in [5.74, 6) is -0.883. The van der Waals surface area contributed by atoms with Crippen molar-refractivity contribution in [3.8, 4) is 0 Å². The minimum atomic E-state index is -1.16. The van der Waals surface area contributed by atoms with Gasteiger partial charge in [-0.15, -0.1) is 0 Å². The third-order valence-electron chi connectivity index (χ3n) is 3.66. The fourth-order valence-corrected chi connectivity index (χ4v) is 3.20. The highest BCUT2D eigenvalue weighted by atomic mass is 35.5. The predicted molar refractivity (Wildman–Crippen MR) is 104 cm³/mol. The molecule has 1 amide bonds. The molecule has 0 aromatic heterocycles. The second-order valence-corrected chi connectivity index (χ2v) is 7.18. The van der Waals surface area contributed by atoms with Crippen LogP contribution in [0.25, 0.3) is 0 Å². The van der Waals surface area contributed by atoms with E-state index in [1.165, 1.54) is 36.9 Å². The van der Waals surface area contributed by atoms with E-state index in [0.29, 0.717) is 12.2 Å². The molecule has 0 atom stereocenters. The first-order chi connectivity index (χ1) is 12.4. The minimum Gasteiger partial charge on any atom is -0.478 e. The largest absolute Gasteiger partial charge is 0.478 e. The first-order valence-corrected chi connectivity index (χ1v) is 9.26. The van der Waals surface area contributed by atoms with Crippen molar-refractivity contribution in [2.24, 2.45) is 0 Å². The van der Waals surface area contributed by atoms with Crippen molar-refractivity contribution in [3.05, 3.63) is 64.2 Å². The molecular weight excluding hydrogens is 374 g/mol. The Kier molecular flexibility index (Phi) is 7.24. The Hall–Kier alpha value is -2.31. The van der Waals surface area contributed by atoms with Gasteiger partial charge < -0.3 is 10.4 Å². The van der Waals surface area contributed by atoms with Gasteiger partial charge >= 0.3 is 5.97 Å². The molecule has 0 aliphatic carbocycles. The van der Waals surface area contributed by atoms with Gasteiger partial charge in [0.2, 0.25) is 5.91 Å². The third kappa shape index (κ3) is 5.89. The Labute approximate surface area is 160 Å². The zero-order valence-corrected chi connectivity index (χ0v) is 15.7. The second kappa shape index (κ2) is 9.40. The Bertz CT molecular complexity index is 838. The van der Waals surface area contributed by atoms with Crippen LogP contribution in [0.15, 0.2) is 42.5 Å². The average molecular weight is 392 g/mol. The first-order valence-electron chi connectivity index (χ1n) is 7.89. The van der Waals surface area contributed by atoms with Gasteiger partial charge in [-0.3, -0.25) is 9.59 Å². The summed E-state index contributed by atoms with van der Waals surface area (Å²) in [6.45, 7) is 1.52. The summed E-state index contributed by atoms with van der Waals surface area (Å²) in [5.41, 5.74) is 2.17. The van der Waals surface area contributed by atoms with E-state index in [2.05, 4.69) is 5.32 Å². The molecule has 0 spiro atoms. The normalized spacial score (nSPS) is 10.4. The van der Waals surface area contributed by atoms with Gasteiger partial charge in [-0.05, 0) is 35.7 Å². The maximum atomic E-state index is 12.2.